The zero-order valence-electron chi connectivity index (χ0n) is 22.3. The number of benzene rings is 2. The van der Waals surface area contributed by atoms with Crippen LogP contribution in [0.15, 0.2) is 85.2 Å². The van der Waals surface area contributed by atoms with Gasteiger partial charge in [0.2, 0.25) is 5.88 Å². The van der Waals surface area contributed by atoms with E-state index in [4.69, 9.17) is 19.5 Å². The Morgan fingerprint density at radius 2 is 1.59 bits per heavy atom. The molecule has 1 aliphatic rings. The molecule has 4 aromatic rings. The largest absolute Gasteiger partial charge is 0.497 e. The van der Waals surface area contributed by atoms with Gasteiger partial charge in [0.05, 0.1) is 36.2 Å². The van der Waals surface area contributed by atoms with Crippen LogP contribution in [0, 0.1) is 11.3 Å². The number of hydrogen-bond donors (Lipinski definition) is 1. The number of carbonyl (C=O) groups excluding carboxylic acids is 2. The van der Waals surface area contributed by atoms with Crippen LogP contribution in [-0.2, 0) is 0 Å². The Morgan fingerprint density at radius 3 is 2.20 bits per heavy atom. The number of methoxy groups -OCH3 is 1. The maximum absolute atomic E-state index is 13.0. The summed E-state index contributed by atoms with van der Waals surface area (Å²) in [5, 5.41) is 11.6. The fourth-order valence-electron chi connectivity index (χ4n) is 4.28. The molecule has 1 aliphatic heterocycles. The molecule has 0 bridgehead atoms. The predicted octanol–water partition coefficient (Wildman–Crippen LogP) is 5.09. The number of nitrogens with zero attached hydrogens (tertiary/aromatic N) is 4. The van der Waals surface area contributed by atoms with E-state index in [2.05, 4.69) is 15.3 Å². The molecule has 2 aromatic carbocycles. The van der Waals surface area contributed by atoms with Crippen LogP contribution in [0.1, 0.15) is 39.3 Å². The Morgan fingerprint density at radius 1 is 0.878 bits per heavy atom. The Labute approximate surface area is 237 Å². The highest BCUT2D eigenvalue weighted by Gasteiger charge is 2.25. The smallest absolute Gasteiger partial charge is 0.272 e. The molecule has 2 aromatic heterocycles. The average molecular weight is 550 g/mol. The van der Waals surface area contributed by atoms with Crippen LogP contribution < -0.4 is 19.5 Å². The van der Waals surface area contributed by atoms with Crippen molar-refractivity contribution in [2.24, 2.45) is 0 Å². The molecule has 0 aliphatic carbocycles. The van der Waals surface area contributed by atoms with Crippen LogP contribution in [0.25, 0.3) is 0 Å². The summed E-state index contributed by atoms with van der Waals surface area (Å²) in [7, 11) is 1.62. The van der Waals surface area contributed by atoms with Crippen LogP contribution in [0.4, 0.5) is 5.69 Å². The minimum Gasteiger partial charge on any atom is -0.497 e. The average Bonchev–Trinajstić information content (AvgIpc) is 3.03. The fourth-order valence-corrected chi connectivity index (χ4v) is 4.28. The van der Waals surface area contributed by atoms with Crippen LogP contribution in [0.3, 0.4) is 0 Å². The number of aromatic nitrogens is 2. The van der Waals surface area contributed by atoms with E-state index in [1.807, 2.05) is 30.3 Å². The molecule has 3 heterocycles. The second kappa shape index (κ2) is 12.6. The normalized spacial score (nSPS) is 13.1. The van der Waals surface area contributed by atoms with E-state index in [0.29, 0.717) is 54.4 Å². The molecule has 10 heteroatoms. The number of carbonyl (C=O) groups is 2. The third kappa shape index (κ3) is 6.96. The SMILES string of the molecule is COc1ccc(OC2CCN(C(=O)c3ccc(C(=O)Nc4ccc(Oc5ccc(C#N)cc5)nc4)cn3)CC2)cc1. The predicted molar refractivity (Wildman–Crippen MR) is 150 cm³/mol. The lowest BCUT2D eigenvalue weighted by Crippen LogP contribution is -2.42. The van der Waals surface area contributed by atoms with Crippen molar-refractivity contribution in [2.75, 3.05) is 25.5 Å². The highest BCUT2D eigenvalue weighted by molar-refractivity contribution is 6.04. The molecule has 206 valence electrons. The van der Waals surface area contributed by atoms with E-state index < -0.39 is 0 Å². The number of likely N-dealkylation sites (tertiary alicyclic amines) is 1. The second-order valence-corrected chi connectivity index (χ2v) is 9.29. The van der Waals surface area contributed by atoms with Crippen LogP contribution in [0.5, 0.6) is 23.1 Å². The van der Waals surface area contributed by atoms with Gasteiger partial charge < -0.3 is 24.4 Å². The first-order chi connectivity index (χ1) is 20.0. The molecule has 5 rings (SSSR count). The first kappa shape index (κ1) is 27.1. The molecule has 0 spiro atoms. The highest BCUT2D eigenvalue weighted by Crippen LogP contribution is 2.23. The molecule has 1 N–H and O–H groups in total. The van der Waals surface area contributed by atoms with E-state index in [9.17, 15) is 9.59 Å². The highest BCUT2D eigenvalue weighted by atomic mass is 16.5. The minimum absolute atomic E-state index is 0.0255. The number of nitriles is 1. The molecule has 0 saturated carbocycles. The van der Waals surface area contributed by atoms with Gasteiger partial charge in [0.1, 0.15) is 29.0 Å². The first-order valence-corrected chi connectivity index (χ1v) is 13.0. The molecule has 41 heavy (non-hydrogen) atoms. The third-order valence-corrected chi connectivity index (χ3v) is 6.54. The summed E-state index contributed by atoms with van der Waals surface area (Å²) in [6, 6.07) is 22.6. The number of ether oxygens (including phenoxy) is 3. The van der Waals surface area contributed by atoms with Crippen molar-refractivity contribution < 1.29 is 23.8 Å². The van der Waals surface area contributed by atoms with E-state index >= 15 is 0 Å². The summed E-state index contributed by atoms with van der Waals surface area (Å²) in [5.74, 6) is 1.87. The molecule has 1 fully saturated rings. The van der Waals surface area contributed by atoms with Gasteiger partial charge in [-0.25, -0.2) is 4.98 Å². The molecule has 0 atom stereocenters. The lowest BCUT2D eigenvalue weighted by atomic mass is 10.1. The molecule has 10 nitrogen and oxygen atoms in total. The molecular formula is C31H27N5O5. The van der Waals surface area contributed by atoms with Gasteiger partial charge in [-0.2, -0.15) is 5.26 Å². The van der Waals surface area contributed by atoms with E-state index in [1.54, 1.807) is 60.5 Å². The Bertz CT molecular complexity index is 1520. The molecule has 0 radical (unpaired) electrons. The molecule has 0 unspecified atom stereocenters. The quantitative estimate of drug-likeness (QED) is 0.322. The van der Waals surface area contributed by atoms with Crippen LogP contribution >= 0.6 is 0 Å². The Kier molecular flexibility index (Phi) is 8.35. The monoisotopic (exact) mass is 549 g/mol. The summed E-state index contributed by atoms with van der Waals surface area (Å²) in [4.78, 5) is 35.9. The van der Waals surface area contributed by atoms with Gasteiger partial charge in [0, 0.05) is 38.2 Å². The lowest BCUT2D eigenvalue weighted by Gasteiger charge is -2.32. The van der Waals surface area contributed by atoms with Crippen molar-refractivity contribution in [1.82, 2.24) is 14.9 Å². The molecule has 1 saturated heterocycles. The summed E-state index contributed by atoms with van der Waals surface area (Å²) >= 11 is 0. The Balaban J connectivity index is 1.10. The number of piperidine rings is 1. The van der Waals surface area contributed by atoms with Crippen molar-refractivity contribution in [1.29, 1.82) is 5.26 Å². The third-order valence-electron chi connectivity index (χ3n) is 6.54. The van der Waals surface area contributed by atoms with Gasteiger partial charge in [-0.3, -0.25) is 14.6 Å². The van der Waals surface area contributed by atoms with Crippen molar-refractivity contribution in [3.63, 3.8) is 0 Å². The zero-order chi connectivity index (χ0) is 28.6. The van der Waals surface area contributed by atoms with Crippen LogP contribution in [-0.4, -0.2) is 53.0 Å². The number of nitrogens with one attached hydrogen (secondary N) is 1. The number of anilines is 1. The standard InChI is InChI=1S/C31H27N5O5/c1-39-24-8-10-25(11-9-24)40-27-14-16-36(17-15-27)31(38)28-12-4-22(19-33-28)30(37)35-23-5-13-29(34-20-23)41-26-6-2-21(18-32)3-7-26/h2-13,19-20,27H,14-17H2,1H3,(H,35,37). The number of pyridine rings is 2. The van der Waals surface area contributed by atoms with Gasteiger partial charge >= 0.3 is 0 Å². The summed E-state index contributed by atoms with van der Waals surface area (Å²) < 4.78 is 16.9. The van der Waals surface area contributed by atoms with Crippen LogP contribution in [0.2, 0.25) is 0 Å². The van der Waals surface area contributed by atoms with Gasteiger partial charge in [0.15, 0.2) is 0 Å². The molecule has 2 amide bonds. The topological polar surface area (TPSA) is 127 Å². The Hall–Kier alpha value is -5.43. The van der Waals surface area contributed by atoms with E-state index in [0.717, 1.165) is 11.5 Å². The maximum Gasteiger partial charge on any atom is 0.272 e. The second-order valence-electron chi connectivity index (χ2n) is 9.29. The summed E-state index contributed by atoms with van der Waals surface area (Å²) in [6.45, 7) is 1.11. The van der Waals surface area contributed by atoms with Gasteiger partial charge in [-0.05, 0) is 66.7 Å². The summed E-state index contributed by atoms with van der Waals surface area (Å²) in [5.41, 5.74) is 1.60. The van der Waals surface area contributed by atoms with Crippen molar-refractivity contribution in [3.8, 4) is 29.2 Å². The van der Waals surface area contributed by atoms with E-state index in [-0.39, 0.29) is 23.6 Å². The zero-order valence-corrected chi connectivity index (χ0v) is 22.3. The molecular weight excluding hydrogens is 522 g/mol. The number of rotatable bonds is 8. The van der Waals surface area contributed by atoms with Crippen molar-refractivity contribution in [3.05, 3.63) is 102 Å². The fraction of sp³-hybridized carbons (Fsp3) is 0.194. The van der Waals surface area contributed by atoms with Gasteiger partial charge in [-0.15, -0.1) is 0 Å². The van der Waals surface area contributed by atoms with Crippen molar-refractivity contribution in [2.45, 2.75) is 18.9 Å². The van der Waals surface area contributed by atoms with Gasteiger partial charge in [-0.1, -0.05) is 0 Å². The van der Waals surface area contributed by atoms with Gasteiger partial charge in [0.25, 0.3) is 11.8 Å². The van der Waals surface area contributed by atoms with Crippen molar-refractivity contribution >= 4 is 17.5 Å². The minimum atomic E-state index is -0.379. The number of amides is 2. The number of hydrogen-bond acceptors (Lipinski definition) is 8. The summed E-state index contributed by atoms with van der Waals surface area (Å²) in [6.07, 6.45) is 4.31. The maximum atomic E-state index is 13.0. The lowest BCUT2D eigenvalue weighted by molar-refractivity contribution is 0.0589. The van der Waals surface area contributed by atoms with E-state index in [1.165, 1.54) is 12.4 Å². The first-order valence-electron chi connectivity index (χ1n) is 13.0.